The van der Waals surface area contributed by atoms with Crippen molar-refractivity contribution in [3.63, 3.8) is 0 Å². The highest BCUT2D eigenvalue weighted by atomic mass is 16.5. The van der Waals surface area contributed by atoms with Gasteiger partial charge in [0.2, 0.25) is 0 Å². The van der Waals surface area contributed by atoms with Crippen molar-refractivity contribution in [1.82, 2.24) is 4.98 Å². The van der Waals surface area contributed by atoms with Gasteiger partial charge in [-0.3, -0.25) is 9.59 Å². The number of nitrogens with zero attached hydrogens (tertiary/aromatic N) is 1. The zero-order chi connectivity index (χ0) is 17.0. The predicted molar refractivity (Wildman–Crippen MR) is 84.0 cm³/mol. The summed E-state index contributed by atoms with van der Waals surface area (Å²) in [5.41, 5.74) is 0.771. The van der Waals surface area contributed by atoms with E-state index in [4.69, 9.17) is 9.47 Å². The molecule has 6 heteroatoms. The summed E-state index contributed by atoms with van der Waals surface area (Å²) in [6.45, 7) is 3.15. The Morgan fingerprint density at radius 2 is 2.00 bits per heavy atom. The lowest BCUT2D eigenvalue weighted by Crippen LogP contribution is -2.32. The molecule has 0 spiro atoms. The Bertz CT molecular complexity index is 728. The molecular formula is C17H19NO5. The van der Waals surface area contributed by atoms with Gasteiger partial charge < -0.3 is 14.6 Å². The van der Waals surface area contributed by atoms with Crippen LogP contribution < -0.4 is 0 Å². The van der Waals surface area contributed by atoms with Crippen LogP contribution in [0.5, 0.6) is 5.75 Å². The molecule has 2 aromatic rings. The molecule has 0 bridgehead atoms. The average molecular weight is 317 g/mol. The number of hydrogen-bond donors (Lipinski definition) is 1. The molecule has 0 aliphatic heterocycles. The first-order valence-corrected chi connectivity index (χ1v) is 7.28. The monoisotopic (exact) mass is 317 g/mol. The Balaban J connectivity index is 2.48. The van der Waals surface area contributed by atoms with E-state index in [1.54, 1.807) is 31.2 Å². The predicted octanol–water partition coefficient (Wildman–Crippen LogP) is 2.40. The molecule has 0 aliphatic rings. The minimum atomic E-state index is -1.10. The fourth-order valence-electron chi connectivity index (χ4n) is 2.47. The number of benzene rings is 1. The number of pyridine rings is 1. The number of Topliss-reactive ketones (excluding diaryl/α,β-unsaturated/α-hetero) is 1. The third-order valence-electron chi connectivity index (χ3n) is 3.55. The first kappa shape index (κ1) is 16.9. The van der Waals surface area contributed by atoms with Gasteiger partial charge in [-0.15, -0.1) is 0 Å². The number of aromatic hydroxyl groups is 1. The molecule has 1 aromatic heterocycles. The van der Waals surface area contributed by atoms with Crippen LogP contribution >= 0.6 is 0 Å². The number of phenolic OH excluding ortho intramolecular Hbond substituents is 1. The van der Waals surface area contributed by atoms with Crippen LogP contribution in [0.2, 0.25) is 0 Å². The fourth-order valence-corrected chi connectivity index (χ4v) is 2.47. The van der Waals surface area contributed by atoms with Gasteiger partial charge >= 0.3 is 5.97 Å². The Hall–Kier alpha value is -2.47. The fraction of sp³-hybridized carbons (Fsp3) is 0.353. The first-order chi connectivity index (χ1) is 11.0. The summed E-state index contributed by atoms with van der Waals surface area (Å²) in [5.74, 6) is -2.09. The van der Waals surface area contributed by atoms with Crippen molar-refractivity contribution in [3.8, 4) is 5.75 Å². The first-order valence-electron chi connectivity index (χ1n) is 7.28. The van der Waals surface area contributed by atoms with E-state index in [-0.39, 0.29) is 18.1 Å². The van der Waals surface area contributed by atoms with E-state index in [2.05, 4.69) is 4.98 Å². The van der Waals surface area contributed by atoms with Gasteiger partial charge in [0.1, 0.15) is 29.1 Å². The smallest absolute Gasteiger partial charge is 0.319 e. The number of rotatable bonds is 6. The zero-order valence-electron chi connectivity index (χ0n) is 13.3. The Morgan fingerprint density at radius 1 is 1.26 bits per heavy atom. The summed E-state index contributed by atoms with van der Waals surface area (Å²) in [5, 5.41) is 10.7. The number of ether oxygens (including phenoxy) is 2. The number of hydrogen-bond acceptors (Lipinski definition) is 6. The van der Waals surface area contributed by atoms with E-state index in [0.29, 0.717) is 11.2 Å². The summed E-state index contributed by atoms with van der Waals surface area (Å²) in [6, 6.07) is 8.47. The number of fused-ring (bicyclic) bond motifs is 1. The van der Waals surface area contributed by atoms with Crippen LogP contribution in [0.15, 0.2) is 30.3 Å². The van der Waals surface area contributed by atoms with E-state index < -0.39 is 18.0 Å². The summed E-state index contributed by atoms with van der Waals surface area (Å²) in [6.07, 6.45) is -0.879. The summed E-state index contributed by atoms with van der Waals surface area (Å²) in [7, 11) is 1.40. The number of esters is 1. The molecule has 122 valence electrons. The Morgan fingerprint density at radius 3 is 2.61 bits per heavy atom. The molecule has 1 aromatic carbocycles. The number of carbonyl (C=O) groups excluding carboxylic acids is 2. The second-order valence-corrected chi connectivity index (χ2v) is 5.08. The van der Waals surface area contributed by atoms with Gasteiger partial charge in [0, 0.05) is 12.5 Å². The van der Waals surface area contributed by atoms with E-state index in [9.17, 15) is 14.7 Å². The zero-order valence-corrected chi connectivity index (χ0v) is 13.3. The Labute approximate surface area is 134 Å². The number of carbonyl (C=O) groups is 2. The number of phenols is 1. The number of para-hydroxylation sites is 1. The minimum absolute atomic E-state index is 0.0229. The topological polar surface area (TPSA) is 85.7 Å². The molecule has 0 saturated heterocycles. The van der Waals surface area contributed by atoms with Crippen LogP contribution in [0.1, 0.15) is 25.6 Å². The maximum Gasteiger partial charge on any atom is 0.319 e. The molecule has 0 aliphatic carbocycles. The maximum atomic E-state index is 12.1. The molecule has 1 N–H and O–H groups in total. The van der Waals surface area contributed by atoms with Crippen molar-refractivity contribution in [3.05, 3.63) is 36.0 Å². The second-order valence-electron chi connectivity index (χ2n) is 5.08. The van der Waals surface area contributed by atoms with Crippen molar-refractivity contribution >= 4 is 22.7 Å². The second kappa shape index (κ2) is 7.19. The standard InChI is InChI=1S/C17H19NO5/c1-4-23-17(21)14(10(2)19)16(22-3)12-9-8-11-6-5-7-13(20)15(11)18-12/h5-9,14,16,20H,4H2,1-3H3/t14?,16-/m0/s1. The molecule has 0 radical (unpaired) electrons. The van der Waals surface area contributed by atoms with Gasteiger partial charge in [0.15, 0.2) is 0 Å². The largest absolute Gasteiger partial charge is 0.506 e. The maximum absolute atomic E-state index is 12.1. The van der Waals surface area contributed by atoms with Gasteiger partial charge in [0.25, 0.3) is 0 Å². The molecular weight excluding hydrogens is 298 g/mol. The van der Waals surface area contributed by atoms with Crippen LogP contribution in [0.25, 0.3) is 10.9 Å². The van der Waals surface area contributed by atoms with Crippen molar-refractivity contribution in [2.24, 2.45) is 5.92 Å². The minimum Gasteiger partial charge on any atom is -0.506 e. The lowest BCUT2D eigenvalue weighted by atomic mass is 9.95. The molecule has 1 heterocycles. The molecule has 2 rings (SSSR count). The third-order valence-corrected chi connectivity index (χ3v) is 3.55. The van der Waals surface area contributed by atoms with Crippen LogP contribution in [0, 0.1) is 5.92 Å². The summed E-state index contributed by atoms with van der Waals surface area (Å²) in [4.78, 5) is 28.4. The highest BCUT2D eigenvalue weighted by Gasteiger charge is 2.36. The molecule has 23 heavy (non-hydrogen) atoms. The highest BCUT2D eigenvalue weighted by molar-refractivity contribution is 5.98. The molecule has 0 saturated carbocycles. The van der Waals surface area contributed by atoms with E-state index in [1.807, 2.05) is 0 Å². The average Bonchev–Trinajstić information content (AvgIpc) is 2.52. The van der Waals surface area contributed by atoms with Crippen molar-refractivity contribution in [2.45, 2.75) is 20.0 Å². The van der Waals surface area contributed by atoms with Crippen LogP contribution in [-0.4, -0.2) is 35.6 Å². The molecule has 1 unspecified atom stereocenters. The molecule has 0 fully saturated rings. The number of methoxy groups -OCH3 is 1. The highest BCUT2D eigenvalue weighted by Crippen LogP contribution is 2.30. The van der Waals surface area contributed by atoms with Gasteiger partial charge in [0.05, 0.1) is 12.3 Å². The molecule has 2 atom stereocenters. The van der Waals surface area contributed by atoms with Gasteiger partial charge in [-0.25, -0.2) is 4.98 Å². The van der Waals surface area contributed by atoms with E-state index >= 15 is 0 Å². The van der Waals surface area contributed by atoms with Gasteiger partial charge in [-0.1, -0.05) is 18.2 Å². The lowest BCUT2D eigenvalue weighted by molar-refractivity contribution is -0.157. The van der Waals surface area contributed by atoms with Crippen LogP contribution in [-0.2, 0) is 19.1 Å². The summed E-state index contributed by atoms with van der Waals surface area (Å²) < 4.78 is 10.3. The van der Waals surface area contributed by atoms with E-state index in [0.717, 1.165) is 5.39 Å². The Kier molecular flexibility index (Phi) is 5.28. The quantitative estimate of drug-likeness (QED) is 0.650. The normalized spacial score (nSPS) is 13.5. The van der Waals surface area contributed by atoms with Crippen molar-refractivity contribution in [1.29, 1.82) is 0 Å². The van der Waals surface area contributed by atoms with Crippen molar-refractivity contribution in [2.75, 3.05) is 13.7 Å². The molecule has 6 nitrogen and oxygen atoms in total. The lowest BCUT2D eigenvalue weighted by Gasteiger charge is -2.22. The van der Waals surface area contributed by atoms with Gasteiger partial charge in [-0.2, -0.15) is 0 Å². The SMILES string of the molecule is CCOC(=O)C(C(C)=O)[C@@H](OC)c1ccc2cccc(O)c2n1. The van der Waals surface area contributed by atoms with E-state index in [1.165, 1.54) is 20.1 Å². The molecule has 0 amide bonds. The number of ketones is 1. The van der Waals surface area contributed by atoms with Crippen LogP contribution in [0.4, 0.5) is 0 Å². The third kappa shape index (κ3) is 3.48. The van der Waals surface area contributed by atoms with Gasteiger partial charge in [-0.05, 0) is 26.0 Å². The summed E-state index contributed by atoms with van der Waals surface area (Å²) >= 11 is 0. The number of aromatic nitrogens is 1. The van der Waals surface area contributed by atoms with Crippen LogP contribution in [0.3, 0.4) is 0 Å². The van der Waals surface area contributed by atoms with Crippen molar-refractivity contribution < 1.29 is 24.2 Å².